The largest absolute Gasteiger partial charge is 0.369 e. The third-order valence-corrected chi connectivity index (χ3v) is 3.51. The number of anilines is 1. The minimum absolute atomic E-state index is 0.215. The zero-order valence-corrected chi connectivity index (χ0v) is 11.0. The summed E-state index contributed by atoms with van der Waals surface area (Å²) >= 11 is 5.84. The Balaban J connectivity index is 1.95. The number of urea groups is 1. The average Bonchev–Trinajstić information content (AvgIpc) is 2.80. The Morgan fingerprint density at radius 2 is 2.21 bits per heavy atom. The van der Waals surface area contributed by atoms with Crippen molar-refractivity contribution >= 4 is 29.2 Å². The van der Waals surface area contributed by atoms with Crippen LogP contribution in [0.1, 0.15) is 19.3 Å². The molecule has 1 fully saturated rings. The molecule has 6 nitrogen and oxygen atoms in total. The second-order valence-electron chi connectivity index (χ2n) is 4.49. The summed E-state index contributed by atoms with van der Waals surface area (Å²) in [4.78, 5) is 26.9. The van der Waals surface area contributed by atoms with Crippen LogP contribution in [-0.2, 0) is 4.79 Å². The van der Waals surface area contributed by atoms with Crippen LogP contribution in [-0.4, -0.2) is 23.0 Å². The van der Waals surface area contributed by atoms with Crippen LogP contribution < -0.4 is 16.4 Å². The quantitative estimate of drug-likeness (QED) is 0.733. The molecular formula is C12H15ClN4O2. The lowest BCUT2D eigenvalue weighted by Gasteiger charge is -2.18. The van der Waals surface area contributed by atoms with Crippen LogP contribution in [0.25, 0.3) is 0 Å². The Morgan fingerprint density at radius 3 is 2.89 bits per heavy atom. The molecule has 4 N–H and O–H groups in total. The van der Waals surface area contributed by atoms with E-state index in [9.17, 15) is 9.59 Å². The van der Waals surface area contributed by atoms with Crippen LogP contribution >= 0.6 is 11.6 Å². The molecular weight excluding hydrogens is 268 g/mol. The third kappa shape index (κ3) is 3.35. The highest BCUT2D eigenvalue weighted by molar-refractivity contribution is 6.32. The molecule has 0 aliphatic heterocycles. The SMILES string of the molecule is NC(=O)[C@@H]1CCC[C@H]1NC(=O)Nc1cccnc1Cl. The van der Waals surface area contributed by atoms with Gasteiger partial charge in [0.25, 0.3) is 0 Å². The fraction of sp³-hybridized carbons (Fsp3) is 0.417. The number of carbonyl (C=O) groups is 2. The highest BCUT2D eigenvalue weighted by atomic mass is 35.5. The molecule has 0 spiro atoms. The first-order valence-electron chi connectivity index (χ1n) is 6.05. The molecule has 3 amide bonds. The van der Waals surface area contributed by atoms with E-state index in [2.05, 4.69) is 15.6 Å². The van der Waals surface area contributed by atoms with E-state index < -0.39 is 6.03 Å². The van der Waals surface area contributed by atoms with Crippen molar-refractivity contribution in [2.75, 3.05) is 5.32 Å². The van der Waals surface area contributed by atoms with Gasteiger partial charge in [-0.15, -0.1) is 0 Å². The maximum absolute atomic E-state index is 11.8. The van der Waals surface area contributed by atoms with Crippen LogP contribution in [0.5, 0.6) is 0 Å². The zero-order chi connectivity index (χ0) is 13.8. The van der Waals surface area contributed by atoms with Gasteiger partial charge in [-0.25, -0.2) is 9.78 Å². The molecule has 0 unspecified atom stereocenters. The molecule has 2 rings (SSSR count). The lowest BCUT2D eigenvalue weighted by atomic mass is 10.0. The van der Waals surface area contributed by atoms with Gasteiger partial charge >= 0.3 is 6.03 Å². The standard InChI is InChI=1S/C12H15ClN4O2/c13-10-9(5-2-6-15-10)17-12(19)16-8-4-1-3-7(8)11(14)18/h2,5-8H,1,3-4H2,(H2,14,18)(H2,16,17,19)/t7-,8-/m1/s1. The molecule has 7 heteroatoms. The third-order valence-electron chi connectivity index (χ3n) is 3.21. The second kappa shape index (κ2) is 5.88. The number of carbonyl (C=O) groups excluding carboxylic acids is 2. The van der Waals surface area contributed by atoms with E-state index in [0.717, 1.165) is 12.8 Å². The molecule has 1 aromatic heterocycles. The van der Waals surface area contributed by atoms with Crippen LogP contribution in [0, 0.1) is 5.92 Å². The van der Waals surface area contributed by atoms with E-state index in [1.54, 1.807) is 12.1 Å². The van der Waals surface area contributed by atoms with E-state index in [4.69, 9.17) is 17.3 Å². The fourth-order valence-corrected chi connectivity index (χ4v) is 2.45. The van der Waals surface area contributed by atoms with E-state index in [0.29, 0.717) is 12.1 Å². The summed E-state index contributed by atoms with van der Waals surface area (Å²) in [6.45, 7) is 0. The second-order valence-corrected chi connectivity index (χ2v) is 4.84. The molecule has 0 saturated heterocycles. The van der Waals surface area contributed by atoms with Gasteiger partial charge < -0.3 is 16.4 Å². The molecule has 102 valence electrons. The number of nitrogens with zero attached hydrogens (tertiary/aromatic N) is 1. The average molecular weight is 283 g/mol. The Bertz CT molecular complexity index is 494. The number of aromatic nitrogens is 1. The van der Waals surface area contributed by atoms with Gasteiger partial charge in [0.2, 0.25) is 5.91 Å². The minimum Gasteiger partial charge on any atom is -0.369 e. The van der Waals surface area contributed by atoms with Gasteiger partial charge in [-0.3, -0.25) is 4.79 Å². The predicted molar refractivity (Wildman–Crippen MR) is 71.7 cm³/mol. The molecule has 1 aromatic rings. The first-order valence-corrected chi connectivity index (χ1v) is 6.43. The number of primary amides is 1. The lowest BCUT2D eigenvalue weighted by molar-refractivity contribution is -0.122. The number of rotatable bonds is 3. The first kappa shape index (κ1) is 13.6. The van der Waals surface area contributed by atoms with Crippen molar-refractivity contribution in [3.05, 3.63) is 23.5 Å². The smallest absolute Gasteiger partial charge is 0.319 e. The predicted octanol–water partition coefficient (Wildman–Crippen LogP) is 1.51. The molecule has 0 bridgehead atoms. The van der Waals surface area contributed by atoms with Crippen LogP contribution in [0.4, 0.5) is 10.5 Å². The normalized spacial score (nSPS) is 21.9. The maximum atomic E-state index is 11.8. The molecule has 1 saturated carbocycles. The van der Waals surface area contributed by atoms with Crippen LogP contribution in [0.3, 0.4) is 0 Å². The maximum Gasteiger partial charge on any atom is 0.319 e. The molecule has 0 radical (unpaired) electrons. The van der Waals surface area contributed by atoms with Gasteiger partial charge in [-0.2, -0.15) is 0 Å². The van der Waals surface area contributed by atoms with Crippen molar-refractivity contribution < 1.29 is 9.59 Å². The van der Waals surface area contributed by atoms with Crippen LogP contribution in [0.2, 0.25) is 5.15 Å². The zero-order valence-electron chi connectivity index (χ0n) is 10.2. The van der Waals surface area contributed by atoms with Gasteiger partial charge in [0.1, 0.15) is 0 Å². The summed E-state index contributed by atoms with van der Waals surface area (Å²) in [5, 5.41) is 5.57. The Kier molecular flexibility index (Phi) is 4.21. The summed E-state index contributed by atoms with van der Waals surface area (Å²) in [7, 11) is 0. The Hall–Kier alpha value is -1.82. The number of halogens is 1. The summed E-state index contributed by atoms with van der Waals surface area (Å²) in [6, 6.07) is 2.69. The first-order chi connectivity index (χ1) is 9.08. The number of amides is 3. The van der Waals surface area contributed by atoms with Crippen molar-refractivity contribution in [1.82, 2.24) is 10.3 Å². The van der Waals surface area contributed by atoms with Crippen molar-refractivity contribution in [1.29, 1.82) is 0 Å². The Labute approximate surface area is 115 Å². The fourth-order valence-electron chi connectivity index (χ4n) is 2.28. The molecule has 19 heavy (non-hydrogen) atoms. The summed E-state index contributed by atoms with van der Waals surface area (Å²) in [6.07, 6.45) is 3.88. The summed E-state index contributed by atoms with van der Waals surface area (Å²) in [5.41, 5.74) is 5.72. The topological polar surface area (TPSA) is 97.1 Å². The van der Waals surface area contributed by atoms with Gasteiger partial charge in [-0.1, -0.05) is 18.0 Å². The monoisotopic (exact) mass is 282 g/mol. The number of nitrogens with two attached hydrogens (primary N) is 1. The molecule has 1 aliphatic carbocycles. The number of hydrogen-bond acceptors (Lipinski definition) is 3. The van der Waals surface area contributed by atoms with Gasteiger partial charge in [0.05, 0.1) is 11.6 Å². The lowest BCUT2D eigenvalue weighted by Crippen LogP contribution is -2.44. The van der Waals surface area contributed by atoms with Crippen molar-refractivity contribution in [3.8, 4) is 0 Å². The van der Waals surface area contributed by atoms with E-state index >= 15 is 0 Å². The summed E-state index contributed by atoms with van der Waals surface area (Å²) in [5.74, 6) is -0.669. The van der Waals surface area contributed by atoms with Gasteiger partial charge in [-0.05, 0) is 25.0 Å². The van der Waals surface area contributed by atoms with Crippen LogP contribution in [0.15, 0.2) is 18.3 Å². The number of hydrogen-bond donors (Lipinski definition) is 3. The van der Waals surface area contributed by atoms with E-state index in [1.807, 2.05) is 0 Å². The molecule has 0 aromatic carbocycles. The van der Waals surface area contributed by atoms with Crippen molar-refractivity contribution in [2.45, 2.75) is 25.3 Å². The Morgan fingerprint density at radius 1 is 1.42 bits per heavy atom. The highest BCUT2D eigenvalue weighted by Gasteiger charge is 2.32. The molecule has 1 heterocycles. The van der Waals surface area contributed by atoms with Gasteiger partial charge in [0.15, 0.2) is 5.15 Å². The molecule has 1 aliphatic rings. The number of pyridine rings is 1. The number of nitrogens with one attached hydrogen (secondary N) is 2. The van der Waals surface area contributed by atoms with Gasteiger partial charge in [0, 0.05) is 12.2 Å². The van der Waals surface area contributed by atoms with E-state index in [1.165, 1.54) is 6.20 Å². The highest BCUT2D eigenvalue weighted by Crippen LogP contribution is 2.25. The summed E-state index contributed by atoms with van der Waals surface area (Å²) < 4.78 is 0. The molecule has 2 atom stereocenters. The minimum atomic E-state index is -0.409. The van der Waals surface area contributed by atoms with E-state index in [-0.39, 0.29) is 23.0 Å². The van der Waals surface area contributed by atoms with Crippen molar-refractivity contribution in [3.63, 3.8) is 0 Å². The van der Waals surface area contributed by atoms with Crippen molar-refractivity contribution in [2.24, 2.45) is 11.7 Å².